The average Bonchev–Trinajstić information content (AvgIpc) is 3.12. The second-order valence-corrected chi connectivity index (χ2v) is 8.50. The maximum Gasteiger partial charge on any atom is 0.306 e. The first-order valence-corrected chi connectivity index (χ1v) is 10.5. The number of ether oxygens (including phenoxy) is 2. The van der Waals surface area contributed by atoms with E-state index in [-0.39, 0.29) is 5.82 Å². The summed E-state index contributed by atoms with van der Waals surface area (Å²) in [5.74, 6) is -4.41. The van der Waals surface area contributed by atoms with E-state index in [9.17, 15) is 18.7 Å². The lowest BCUT2D eigenvalue weighted by atomic mass is 9.95. The molecule has 7 nitrogen and oxygen atoms in total. The van der Waals surface area contributed by atoms with Gasteiger partial charge in [-0.15, -0.1) is 10.2 Å². The number of nitrogens with zero attached hydrogens (tertiary/aromatic N) is 3. The Kier molecular flexibility index (Phi) is 5.76. The van der Waals surface area contributed by atoms with Gasteiger partial charge in [0.1, 0.15) is 18.0 Å². The van der Waals surface area contributed by atoms with Crippen molar-refractivity contribution in [1.29, 1.82) is 0 Å². The molecule has 4 rings (SSSR count). The minimum absolute atomic E-state index is 0.00977. The lowest BCUT2D eigenvalue weighted by Gasteiger charge is -2.24. The van der Waals surface area contributed by atoms with Crippen molar-refractivity contribution in [3.63, 3.8) is 0 Å². The van der Waals surface area contributed by atoms with Gasteiger partial charge in [-0.1, -0.05) is 28.1 Å². The number of hydrogen-bond acceptors (Lipinski definition) is 5. The van der Waals surface area contributed by atoms with Crippen molar-refractivity contribution in [3.8, 4) is 11.4 Å². The van der Waals surface area contributed by atoms with Gasteiger partial charge in [0.2, 0.25) is 5.82 Å². The summed E-state index contributed by atoms with van der Waals surface area (Å²) in [4.78, 5) is 11.6. The minimum atomic E-state index is -3.31. The van der Waals surface area contributed by atoms with Crippen LogP contribution in [0.4, 0.5) is 8.78 Å². The van der Waals surface area contributed by atoms with Crippen LogP contribution in [-0.4, -0.2) is 33.0 Å². The molecule has 0 radical (unpaired) electrons. The SMILES string of the molecule is COc1cccc([C@@H]2O[C@H](CC(=O)O)c3nnc(C(C)(F)F)n3-c3ccc(Br)cc32)c1C. The van der Waals surface area contributed by atoms with Crippen molar-refractivity contribution in [2.24, 2.45) is 0 Å². The first-order valence-electron chi connectivity index (χ1n) is 9.76. The fourth-order valence-corrected chi connectivity index (χ4v) is 4.32. The lowest BCUT2D eigenvalue weighted by molar-refractivity contribution is -0.141. The quantitative estimate of drug-likeness (QED) is 0.517. The smallest absolute Gasteiger partial charge is 0.306 e. The fourth-order valence-electron chi connectivity index (χ4n) is 3.94. The molecule has 0 saturated heterocycles. The highest BCUT2D eigenvalue weighted by atomic mass is 79.9. The molecule has 0 unspecified atom stereocenters. The number of methoxy groups -OCH3 is 1. The van der Waals surface area contributed by atoms with Gasteiger partial charge in [0.25, 0.3) is 0 Å². The maximum absolute atomic E-state index is 14.4. The number of benzene rings is 2. The summed E-state index contributed by atoms with van der Waals surface area (Å²) in [6.45, 7) is 2.59. The van der Waals surface area contributed by atoms with Gasteiger partial charge in [0.15, 0.2) is 5.82 Å². The number of rotatable bonds is 5. The Morgan fingerprint density at radius 1 is 1.28 bits per heavy atom. The van der Waals surface area contributed by atoms with Gasteiger partial charge in [-0.25, -0.2) is 0 Å². The van der Waals surface area contributed by atoms with Crippen LogP contribution in [0.5, 0.6) is 5.75 Å². The van der Waals surface area contributed by atoms with Crippen molar-refractivity contribution in [2.45, 2.75) is 38.4 Å². The standard InChI is InChI=1S/C22H20BrF2N3O4/c1-11-13(5-4-6-16(11)31-3)19-14-9-12(23)7-8-15(14)28-20(17(32-19)10-18(29)30)26-27-21(28)22(2,24)25/h4-9,17,19H,10H2,1-3H3,(H,29,30)/t17-,19+/m1/s1. The van der Waals surface area contributed by atoms with Crippen LogP contribution < -0.4 is 4.74 Å². The molecule has 0 amide bonds. The summed E-state index contributed by atoms with van der Waals surface area (Å²) in [5, 5.41) is 17.1. The number of carboxylic acid groups (broad SMARTS) is 1. The van der Waals surface area contributed by atoms with Crippen LogP contribution in [0.2, 0.25) is 0 Å². The van der Waals surface area contributed by atoms with E-state index in [1.807, 2.05) is 13.0 Å². The number of aromatic nitrogens is 3. The van der Waals surface area contributed by atoms with E-state index in [2.05, 4.69) is 26.1 Å². The molecule has 32 heavy (non-hydrogen) atoms. The molecule has 1 aliphatic rings. The summed E-state index contributed by atoms with van der Waals surface area (Å²) in [5.41, 5.74) is 2.47. The third-order valence-electron chi connectivity index (χ3n) is 5.37. The van der Waals surface area contributed by atoms with E-state index >= 15 is 0 Å². The minimum Gasteiger partial charge on any atom is -0.496 e. The normalized spacial score (nSPS) is 17.9. The first-order chi connectivity index (χ1) is 15.1. The highest BCUT2D eigenvalue weighted by Gasteiger charge is 2.40. The van der Waals surface area contributed by atoms with E-state index in [0.717, 1.165) is 18.1 Å². The number of aliphatic carboxylic acids is 1. The predicted octanol–water partition coefficient (Wildman–Crippen LogP) is 5.09. The van der Waals surface area contributed by atoms with Crippen LogP contribution in [0.3, 0.4) is 0 Å². The lowest BCUT2D eigenvalue weighted by Crippen LogP contribution is -2.18. The average molecular weight is 508 g/mol. The molecule has 0 bridgehead atoms. The van der Waals surface area contributed by atoms with Crippen LogP contribution in [0, 0.1) is 6.92 Å². The van der Waals surface area contributed by atoms with E-state index in [1.54, 1.807) is 37.4 Å². The topological polar surface area (TPSA) is 86.5 Å². The van der Waals surface area contributed by atoms with Crippen LogP contribution in [0.15, 0.2) is 40.9 Å². The molecule has 0 fully saturated rings. The molecule has 1 aromatic heterocycles. The Bertz CT molecular complexity index is 1190. The van der Waals surface area contributed by atoms with Gasteiger partial charge in [-0.3, -0.25) is 9.36 Å². The highest BCUT2D eigenvalue weighted by molar-refractivity contribution is 9.10. The molecular weight excluding hydrogens is 488 g/mol. The van der Waals surface area contributed by atoms with Gasteiger partial charge in [0.05, 0.1) is 19.2 Å². The molecule has 1 N–H and O–H groups in total. The van der Waals surface area contributed by atoms with Crippen molar-refractivity contribution >= 4 is 21.9 Å². The van der Waals surface area contributed by atoms with Crippen molar-refractivity contribution in [1.82, 2.24) is 14.8 Å². The number of hydrogen-bond donors (Lipinski definition) is 1. The van der Waals surface area contributed by atoms with E-state index in [1.165, 1.54) is 4.57 Å². The zero-order valence-electron chi connectivity index (χ0n) is 17.5. The Morgan fingerprint density at radius 2 is 2.03 bits per heavy atom. The number of carbonyl (C=O) groups is 1. The molecule has 2 atom stereocenters. The monoisotopic (exact) mass is 507 g/mol. The third kappa shape index (κ3) is 3.88. The van der Waals surface area contributed by atoms with Crippen LogP contribution in [-0.2, 0) is 15.5 Å². The van der Waals surface area contributed by atoms with Crippen LogP contribution in [0.1, 0.15) is 53.9 Å². The molecule has 10 heteroatoms. The molecule has 3 aromatic rings. The van der Waals surface area contributed by atoms with E-state index in [0.29, 0.717) is 21.5 Å². The molecule has 1 aliphatic heterocycles. The Labute approximate surface area is 191 Å². The largest absolute Gasteiger partial charge is 0.496 e. The second kappa shape index (κ2) is 8.25. The van der Waals surface area contributed by atoms with Crippen LogP contribution >= 0.6 is 15.9 Å². The number of alkyl halides is 2. The number of carboxylic acids is 1. The molecule has 0 aliphatic carbocycles. The summed E-state index contributed by atoms with van der Waals surface area (Å²) < 4.78 is 42.6. The fraction of sp³-hybridized carbons (Fsp3) is 0.318. The van der Waals surface area contributed by atoms with Gasteiger partial charge in [-0.2, -0.15) is 8.78 Å². The van der Waals surface area contributed by atoms with Crippen molar-refractivity contribution < 1.29 is 28.2 Å². The molecule has 168 valence electrons. The van der Waals surface area contributed by atoms with Crippen LogP contribution in [0.25, 0.3) is 5.69 Å². The molecule has 2 aromatic carbocycles. The zero-order valence-corrected chi connectivity index (χ0v) is 19.1. The molecule has 0 saturated carbocycles. The Morgan fingerprint density at radius 3 is 2.69 bits per heavy atom. The highest BCUT2D eigenvalue weighted by Crippen LogP contribution is 2.45. The van der Waals surface area contributed by atoms with Gasteiger partial charge in [0, 0.05) is 17.0 Å². The Hall–Kier alpha value is -2.85. The summed E-state index contributed by atoms with van der Waals surface area (Å²) >= 11 is 3.44. The summed E-state index contributed by atoms with van der Waals surface area (Å²) in [6, 6.07) is 10.6. The van der Waals surface area contributed by atoms with Gasteiger partial charge in [-0.05, 0) is 42.3 Å². The van der Waals surface area contributed by atoms with E-state index < -0.39 is 36.3 Å². The van der Waals surface area contributed by atoms with E-state index in [4.69, 9.17) is 9.47 Å². The van der Waals surface area contributed by atoms with Gasteiger partial charge >= 0.3 is 11.9 Å². The molecule has 2 heterocycles. The first kappa shape index (κ1) is 22.3. The zero-order chi connectivity index (χ0) is 23.2. The maximum atomic E-state index is 14.4. The Balaban J connectivity index is 2.03. The third-order valence-corrected chi connectivity index (χ3v) is 5.86. The van der Waals surface area contributed by atoms with Crippen molar-refractivity contribution in [2.75, 3.05) is 7.11 Å². The second-order valence-electron chi connectivity index (χ2n) is 7.59. The van der Waals surface area contributed by atoms with Crippen molar-refractivity contribution in [3.05, 3.63) is 69.2 Å². The summed E-state index contributed by atoms with van der Waals surface area (Å²) in [7, 11) is 1.55. The number of halogens is 3. The molecular formula is C22H20BrF2N3O4. The molecule has 0 spiro atoms. The number of fused-ring (bicyclic) bond motifs is 3. The van der Waals surface area contributed by atoms with Gasteiger partial charge < -0.3 is 14.6 Å². The summed E-state index contributed by atoms with van der Waals surface area (Å²) in [6.07, 6.45) is -2.35. The predicted molar refractivity (Wildman–Crippen MR) is 114 cm³/mol.